The van der Waals surface area contributed by atoms with Crippen molar-refractivity contribution in [3.63, 3.8) is 0 Å². The zero-order valence-electron chi connectivity index (χ0n) is 10.9. The Balaban J connectivity index is 1.69. The molecule has 0 spiro atoms. The largest absolute Gasteiger partial charge is 0.469 e. The number of fused-ring (bicyclic) bond motifs is 1. The molecule has 0 aliphatic heterocycles. The first-order valence-corrected chi connectivity index (χ1v) is 7.35. The summed E-state index contributed by atoms with van der Waals surface area (Å²) in [6, 6.07) is 2.73. The summed E-state index contributed by atoms with van der Waals surface area (Å²) in [6.45, 7) is 0. The van der Waals surface area contributed by atoms with E-state index in [4.69, 9.17) is 4.42 Å². The minimum atomic E-state index is -0.176. The second-order valence-corrected chi connectivity index (χ2v) is 5.72. The minimum Gasteiger partial charge on any atom is -0.469 e. The second kappa shape index (κ2) is 5.45. The fourth-order valence-corrected chi connectivity index (χ4v) is 3.40. The molecule has 2 N–H and O–H groups in total. The summed E-state index contributed by atoms with van der Waals surface area (Å²) in [5, 5.41) is 13.9. The molecule has 3 atom stereocenters. The Labute approximate surface area is 109 Å². The smallest absolute Gasteiger partial charge is 0.108 e. The lowest BCUT2D eigenvalue weighted by Gasteiger charge is -2.30. The molecule has 2 aliphatic rings. The zero-order chi connectivity index (χ0) is 12.4. The fourth-order valence-electron chi connectivity index (χ4n) is 3.40. The first-order valence-electron chi connectivity index (χ1n) is 7.35. The summed E-state index contributed by atoms with van der Waals surface area (Å²) < 4.78 is 5.52. The molecule has 2 aliphatic carbocycles. The van der Waals surface area contributed by atoms with Gasteiger partial charge in [0.25, 0.3) is 0 Å². The Morgan fingerprint density at radius 1 is 1.11 bits per heavy atom. The van der Waals surface area contributed by atoms with Crippen molar-refractivity contribution in [3.05, 3.63) is 23.7 Å². The van der Waals surface area contributed by atoms with E-state index in [1.807, 2.05) is 0 Å². The maximum Gasteiger partial charge on any atom is 0.108 e. The zero-order valence-corrected chi connectivity index (χ0v) is 10.9. The molecule has 1 fully saturated rings. The molecular formula is C15H23NO2. The van der Waals surface area contributed by atoms with Crippen LogP contribution in [0.15, 0.2) is 16.7 Å². The highest BCUT2D eigenvalue weighted by molar-refractivity contribution is 5.24. The molecule has 3 nitrogen and oxygen atoms in total. The fraction of sp³-hybridized carbons (Fsp3) is 0.733. The number of aryl methyl sites for hydroxylation is 1. The normalized spacial score (nSPS) is 32.8. The van der Waals surface area contributed by atoms with Gasteiger partial charge in [-0.1, -0.05) is 19.3 Å². The molecular weight excluding hydrogens is 226 g/mol. The third kappa shape index (κ3) is 2.47. The molecule has 1 aromatic heterocycles. The molecule has 3 unspecified atom stereocenters. The van der Waals surface area contributed by atoms with Gasteiger partial charge in [-0.05, 0) is 31.7 Å². The monoisotopic (exact) mass is 249 g/mol. The standard InChI is InChI=1S/C15H23NO2/c17-14-7-3-1-2-5-13(14)16-12-6-4-8-15-11(12)9-10-18-15/h9-10,12-14,16-17H,1-8H2. The van der Waals surface area contributed by atoms with E-state index in [0.717, 1.165) is 31.4 Å². The minimum absolute atomic E-state index is 0.176. The Morgan fingerprint density at radius 2 is 2.00 bits per heavy atom. The van der Waals surface area contributed by atoms with Crippen molar-refractivity contribution in [3.8, 4) is 0 Å². The van der Waals surface area contributed by atoms with Crippen LogP contribution >= 0.6 is 0 Å². The first-order chi connectivity index (χ1) is 8.84. The van der Waals surface area contributed by atoms with Crippen LogP contribution in [-0.2, 0) is 6.42 Å². The molecule has 0 radical (unpaired) electrons. The summed E-state index contributed by atoms with van der Waals surface area (Å²) >= 11 is 0. The van der Waals surface area contributed by atoms with Gasteiger partial charge in [-0.15, -0.1) is 0 Å². The molecule has 18 heavy (non-hydrogen) atoms. The van der Waals surface area contributed by atoms with Gasteiger partial charge in [0, 0.05) is 24.1 Å². The van der Waals surface area contributed by atoms with Crippen LogP contribution in [-0.4, -0.2) is 17.3 Å². The summed E-state index contributed by atoms with van der Waals surface area (Å²) in [7, 11) is 0. The highest BCUT2D eigenvalue weighted by Gasteiger charge is 2.28. The molecule has 3 rings (SSSR count). The molecule has 1 heterocycles. The van der Waals surface area contributed by atoms with Gasteiger partial charge in [0.05, 0.1) is 12.4 Å². The van der Waals surface area contributed by atoms with Crippen molar-refractivity contribution >= 4 is 0 Å². The third-order valence-electron chi connectivity index (χ3n) is 4.45. The van der Waals surface area contributed by atoms with Gasteiger partial charge >= 0.3 is 0 Å². The average Bonchev–Trinajstić information content (AvgIpc) is 2.77. The summed E-state index contributed by atoms with van der Waals surface area (Å²) in [5.41, 5.74) is 1.32. The van der Waals surface area contributed by atoms with Crippen LogP contribution in [0.1, 0.15) is 62.3 Å². The van der Waals surface area contributed by atoms with E-state index in [1.54, 1.807) is 6.26 Å². The van der Waals surface area contributed by atoms with E-state index in [1.165, 1.54) is 31.2 Å². The van der Waals surface area contributed by atoms with Crippen LogP contribution in [0.5, 0.6) is 0 Å². The number of aliphatic hydroxyl groups is 1. The number of hydrogen-bond acceptors (Lipinski definition) is 3. The van der Waals surface area contributed by atoms with Crippen LogP contribution in [0.25, 0.3) is 0 Å². The molecule has 0 amide bonds. The van der Waals surface area contributed by atoms with Crippen molar-refractivity contribution in [1.29, 1.82) is 0 Å². The Bertz CT molecular complexity index is 388. The van der Waals surface area contributed by atoms with Gasteiger partial charge < -0.3 is 14.8 Å². The highest BCUT2D eigenvalue weighted by Crippen LogP contribution is 2.32. The lowest BCUT2D eigenvalue weighted by Crippen LogP contribution is -2.42. The SMILES string of the molecule is OC1CCCCCC1NC1CCCc2occc21. The molecule has 100 valence electrons. The van der Waals surface area contributed by atoms with E-state index in [9.17, 15) is 5.11 Å². The maximum atomic E-state index is 10.2. The van der Waals surface area contributed by atoms with Crippen molar-refractivity contribution in [2.45, 2.75) is 69.6 Å². The number of hydrogen-bond donors (Lipinski definition) is 2. The van der Waals surface area contributed by atoms with Gasteiger partial charge in [-0.2, -0.15) is 0 Å². The Morgan fingerprint density at radius 3 is 2.94 bits per heavy atom. The van der Waals surface area contributed by atoms with Crippen molar-refractivity contribution in [1.82, 2.24) is 5.32 Å². The molecule has 1 saturated carbocycles. The van der Waals surface area contributed by atoms with E-state index in [-0.39, 0.29) is 12.1 Å². The quantitative estimate of drug-likeness (QED) is 0.792. The third-order valence-corrected chi connectivity index (χ3v) is 4.45. The summed E-state index contributed by atoms with van der Waals surface area (Å²) in [4.78, 5) is 0. The first kappa shape index (κ1) is 12.2. The van der Waals surface area contributed by atoms with E-state index in [0.29, 0.717) is 6.04 Å². The number of furan rings is 1. The maximum absolute atomic E-state index is 10.2. The molecule has 0 bridgehead atoms. The van der Waals surface area contributed by atoms with Crippen molar-refractivity contribution in [2.24, 2.45) is 0 Å². The number of aliphatic hydroxyl groups excluding tert-OH is 1. The summed E-state index contributed by atoms with van der Waals surface area (Å²) in [5.74, 6) is 1.14. The molecule has 1 aromatic rings. The van der Waals surface area contributed by atoms with Crippen LogP contribution in [0.2, 0.25) is 0 Å². The highest BCUT2D eigenvalue weighted by atomic mass is 16.3. The van der Waals surface area contributed by atoms with E-state index < -0.39 is 0 Å². The predicted molar refractivity (Wildman–Crippen MR) is 70.4 cm³/mol. The lowest BCUT2D eigenvalue weighted by molar-refractivity contribution is 0.111. The van der Waals surface area contributed by atoms with Gasteiger partial charge in [0.2, 0.25) is 0 Å². The second-order valence-electron chi connectivity index (χ2n) is 5.72. The van der Waals surface area contributed by atoms with Crippen LogP contribution in [0, 0.1) is 0 Å². The molecule has 0 saturated heterocycles. The number of nitrogens with one attached hydrogen (secondary N) is 1. The van der Waals surface area contributed by atoms with Crippen LogP contribution in [0.3, 0.4) is 0 Å². The molecule has 0 aromatic carbocycles. The van der Waals surface area contributed by atoms with Crippen molar-refractivity contribution < 1.29 is 9.52 Å². The topological polar surface area (TPSA) is 45.4 Å². The van der Waals surface area contributed by atoms with E-state index in [2.05, 4.69) is 11.4 Å². The lowest BCUT2D eigenvalue weighted by atomic mass is 9.92. The number of rotatable bonds is 2. The Kier molecular flexibility index (Phi) is 3.71. The molecule has 3 heteroatoms. The van der Waals surface area contributed by atoms with Gasteiger partial charge in [0.1, 0.15) is 5.76 Å². The van der Waals surface area contributed by atoms with Crippen LogP contribution in [0.4, 0.5) is 0 Å². The van der Waals surface area contributed by atoms with E-state index >= 15 is 0 Å². The van der Waals surface area contributed by atoms with Crippen molar-refractivity contribution in [2.75, 3.05) is 0 Å². The van der Waals surface area contributed by atoms with Gasteiger partial charge in [-0.25, -0.2) is 0 Å². The predicted octanol–water partition coefficient (Wildman–Crippen LogP) is 2.94. The van der Waals surface area contributed by atoms with Crippen LogP contribution < -0.4 is 5.32 Å². The van der Waals surface area contributed by atoms with Gasteiger partial charge in [0.15, 0.2) is 0 Å². The average molecular weight is 249 g/mol. The Hall–Kier alpha value is -0.800. The summed E-state index contributed by atoms with van der Waals surface area (Å²) in [6.07, 6.45) is 10.7. The van der Waals surface area contributed by atoms with Gasteiger partial charge in [-0.3, -0.25) is 0 Å².